The fraction of sp³-hybridized carbons (Fsp3) is 0.333. The Bertz CT molecular complexity index is 301. The molecule has 0 aliphatic carbocycles. The fourth-order valence-electron chi connectivity index (χ4n) is 1.61. The van der Waals surface area contributed by atoms with E-state index in [0.717, 1.165) is 5.75 Å². The molecule has 0 spiro atoms. The molecule has 1 unspecified atom stereocenters. The molecule has 12 heavy (non-hydrogen) atoms. The molecular formula is C9H13NOSi. The molecule has 1 aromatic rings. The van der Waals surface area contributed by atoms with Crippen LogP contribution in [0.2, 0.25) is 6.55 Å². The quantitative estimate of drug-likeness (QED) is 0.642. The van der Waals surface area contributed by atoms with Crippen molar-refractivity contribution in [1.82, 2.24) is 0 Å². The Labute approximate surface area is 74.2 Å². The van der Waals surface area contributed by atoms with E-state index in [1.54, 1.807) is 7.11 Å². The summed E-state index contributed by atoms with van der Waals surface area (Å²) in [6.45, 7) is 2.36. The molecule has 1 aliphatic heterocycles. The zero-order chi connectivity index (χ0) is 8.55. The highest BCUT2D eigenvalue weighted by molar-refractivity contribution is 6.75. The lowest BCUT2D eigenvalue weighted by molar-refractivity contribution is 0.415. The Hall–Kier alpha value is -0.963. The van der Waals surface area contributed by atoms with Crippen LogP contribution in [-0.2, 0) is 0 Å². The molecule has 0 saturated carbocycles. The summed E-state index contributed by atoms with van der Waals surface area (Å²) in [6, 6.07) is 6.30. The smallest absolute Gasteiger partial charge is 0.118 e. The molecule has 2 nitrogen and oxygen atoms in total. The maximum atomic E-state index is 5.18. The maximum absolute atomic E-state index is 5.18. The van der Waals surface area contributed by atoms with E-state index in [9.17, 15) is 0 Å². The Morgan fingerprint density at radius 2 is 2.33 bits per heavy atom. The van der Waals surface area contributed by atoms with E-state index in [4.69, 9.17) is 4.74 Å². The molecular weight excluding hydrogens is 166 g/mol. The van der Waals surface area contributed by atoms with Crippen LogP contribution in [0.15, 0.2) is 18.2 Å². The zero-order valence-electron chi connectivity index (χ0n) is 7.42. The highest BCUT2D eigenvalue weighted by Gasteiger charge is 2.19. The highest BCUT2D eigenvalue weighted by atomic mass is 28.3. The maximum Gasteiger partial charge on any atom is 0.118 e. The second-order valence-corrected chi connectivity index (χ2v) is 6.07. The number of nitrogens with one attached hydrogen (secondary N) is 1. The van der Waals surface area contributed by atoms with Crippen LogP contribution in [0.3, 0.4) is 0 Å². The lowest BCUT2D eigenvalue weighted by Crippen LogP contribution is -2.24. The SMILES string of the molecule is COc1ccc2c(c1)[SiH](C)CN2. The van der Waals surface area contributed by atoms with Gasteiger partial charge in [0.25, 0.3) is 0 Å². The van der Waals surface area contributed by atoms with Crippen molar-refractivity contribution in [3.05, 3.63) is 18.2 Å². The van der Waals surface area contributed by atoms with Crippen LogP contribution >= 0.6 is 0 Å². The average Bonchev–Trinajstić information content (AvgIpc) is 2.47. The zero-order valence-corrected chi connectivity index (χ0v) is 8.58. The van der Waals surface area contributed by atoms with Crippen molar-refractivity contribution in [2.24, 2.45) is 0 Å². The van der Waals surface area contributed by atoms with Crippen molar-refractivity contribution in [1.29, 1.82) is 0 Å². The van der Waals surface area contributed by atoms with Gasteiger partial charge in [-0.25, -0.2) is 0 Å². The second-order valence-electron chi connectivity index (χ2n) is 3.24. The average molecular weight is 179 g/mol. The van der Waals surface area contributed by atoms with Gasteiger partial charge in [-0.3, -0.25) is 0 Å². The monoisotopic (exact) mass is 179 g/mol. The molecule has 1 N–H and O–H groups in total. The first-order chi connectivity index (χ1) is 5.81. The Balaban J connectivity index is 2.43. The van der Waals surface area contributed by atoms with Crippen LogP contribution in [0.5, 0.6) is 5.75 Å². The second kappa shape index (κ2) is 2.82. The molecule has 1 aromatic carbocycles. The van der Waals surface area contributed by atoms with E-state index >= 15 is 0 Å². The number of methoxy groups -OCH3 is 1. The first-order valence-corrected chi connectivity index (χ1v) is 6.78. The van der Waals surface area contributed by atoms with Crippen molar-refractivity contribution in [2.45, 2.75) is 6.55 Å². The molecule has 1 aliphatic rings. The molecule has 3 heteroatoms. The summed E-state index contributed by atoms with van der Waals surface area (Å²) in [4.78, 5) is 0. The number of ether oxygens (including phenoxy) is 1. The summed E-state index contributed by atoms with van der Waals surface area (Å²) < 4.78 is 5.18. The molecule has 64 valence electrons. The number of hydrogen-bond acceptors (Lipinski definition) is 2. The van der Waals surface area contributed by atoms with Gasteiger partial charge < -0.3 is 10.1 Å². The van der Waals surface area contributed by atoms with Crippen LogP contribution in [-0.4, -0.2) is 22.1 Å². The Kier molecular flexibility index (Phi) is 1.81. The number of fused-ring (bicyclic) bond motifs is 1. The number of hydrogen-bond donors (Lipinski definition) is 1. The molecule has 1 atom stereocenters. The van der Waals surface area contributed by atoms with E-state index in [1.165, 1.54) is 17.0 Å². The van der Waals surface area contributed by atoms with Gasteiger partial charge in [0.15, 0.2) is 0 Å². The van der Waals surface area contributed by atoms with Gasteiger partial charge in [0, 0.05) is 11.9 Å². The predicted molar refractivity (Wildman–Crippen MR) is 54.1 cm³/mol. The molecule has 0 bridgehead atoms. The van der Waals surface area contributed by atoms with Crippen LogP contribution in [0.25, 0.3) is 0 Å². The van der Waals surface area contributed by atoms with E-state index < -0.39 is 8.80 Å². The van der Waals surface area contributed by atoms with Crippen LogP contribution < -0.4 is 15.2 Å². The fourth-order valence-corrected chi connectivity index (χ4v) is 3.53. The Morgan fingerprint density at radius 1 is 1.50 bits per heavy atom. The third kappa shape index (κ3) is 1.10. The lowest BCUT2D eigenvalue weighted by atomic mass is 10.3. The number of rotatable bonds is 1. The van der Waals surface area contributed by atoms with Crippen molar-refractivity contribution in [3.63, 3.8) is 0 Å². The molecule has 1 heterocycles. The normalized spacial score (nSPS) is 20.0. The molecule has 0 saturated heterocycles. The van der Waals surface area contributed by atoms with E-state index in [1.807, 2.05) is 6.07 Å². The largest absolute Gasteiger partial charge is 0.497 e. The van der Waals surface area contributed by atoms with E-state index in [0.29, 0.717) is 0 Å². The summed E-state index contributed by atoms with van der Waals surface area (Å²) in [7, 11) is 1.04. The summed E-state index contributed by atoms with van der Waals surface area (Å²) in [6.07, 6.45) is 1.18. The molecule has 0 radical (unpaired) electrons. The van der Waals surface area contributed by atoms with Gasteiger partial charge in [0.2, 0.25) is 0 Å². The topological polar surface area (TPSA) is 21.3 Å². The number of benzene rings is 1. The third-order valence-electron chi connectivity index (χ3n) is 2.39. The van der Waals surface area contributed by atoms with Gasteiger partial charge in [-0.15, -0.1) is 0 Å². The van der Waals surface area contributed by atoms with Crippen LogP contribution in [0.1, 0.15) is 0 Å². The first-order valence-electron chi connectivity index (χ1n) is 4.23. The van der Waals surface area contributed by atoms with Gasteiger partial charge in [-0.2, -0.15) is 0 Å². The lowest BCUT2D eigenvalue weighted by Gasteiger charge is -2.04. The summed E-state index contributed by atoms with van der Waals surface area (Å²) in [5.74, 6) is 0.983. The number of anilines is 1. The molecule has 0 aromatic heterocycles. The molecule has 0 fully saturated rings. The van der Waals surface area contributed by atoms with Crippen molar-refractivity contribution in [3.8, 4) is 5.75 Å². The standard InChI is InChI=1S/C9H13NOSi/c1-11-7-3-4-8-9(5-7)12(2)6-10-8/h3-5,10,12H,6H2,1-2H3. The highest BCUT2D eigenvalue weighted by Crippen LogP contribution is 2.17. The van der Waals surface area contributed by atoms with Gasteiger partial charge >= 0.3 is 0 Å². The summed E-state index contributed by atoms with van der Waals surface area (Å²) >= 11 is 0. The van der Waals surface area contributed by atoms with Crippen LogP contribution in [0, 0.1) is 0 Å². The minimum atomic E-state index is -0.680. The summed E-state index contributed by atoms with van der Waals surface area (Å²) in [5.41, 5.74) is 1.31. The first kappa shape index (κ1) is 7.67. The molecule has 0 amide bonds. The van der Waals surface area contributed by atoms with E-state index in [-0.39, 0.29) is 0 Å². The predicted octanol–water partition coefficient (Wildman–Crippen LogP) is 0.724. The van der Waals surface area contributed by atoms with Crippen LogP contribution in [0.4, 0.5) is 5.69 Å². The third-order valence-corrected chi connectivity index (χ3v) is 4.74. The van der Waals surface area contributed by atoms with Gasteiger partial charge in [-0.1, -0.05) is 6.55 Å². The van der Waals surface area contributed by atoms with Gasteiger partial charge in [-0.05, 0) is 23.4 Å². The van der Waals surface area contributed by atoms with E-state index in [2.05, 4.69) is 24.0 Å². The van der Waals surface area contributed by atoms with Crippen molar-refractivity contribution >= 4 is 19.7 Å². The van der Waals surface area contributed by atoms with Crippen molar-refractivity contribution in [2.75, 3.05) is 18.6 Å². The summed E-state index contributed by atoms with van der Waals surface area (Å²) in [5, 5.41) is 4.92. The minimum absolute atomic E-state index is 0.680. The Morgan fingerprint density at radius 3 is 3.08 bits per heavy atom. The minimum Gasteiger partial charge on any atom is -0.497 e. The van der Waals surface area contributed by atoms with Gasteiger partial charge in [0.05, 0.1) is 15.9 Å². The van der Waals surface area contributed by atoms with Crippen molar-refractivity contribution < 1.29 is 4.74 Å². The molecule has 2 rings (SSSR count). The van der Waals surface area contributed by atoms with Gasteiger partial charge in [0.1, 0.15) is 5.75 Å².